The highest BCUT2D eigenvalue weighted by Gasteiger charge is 2.24. The fourth-order valence-electron chi connectivity index (χ4n) is 2.07. The monoisotopic (exact) mass is 294 g/mol. The van der Waals surface area contributed by atoms with Crippen LogP contribution in [0.5, 0.6) is 0 Å². The van der Waals surface area contributed by atoms with Crippen LogP contribution in [0.1, 0.15) is 28.6 Å². The number of ether oxygens (including phenoxy) is 2. The second-order valence-corrected chi connectivity index (χ2v) is 4.62. The number of carbonyl (C=O) groups excluding carboxylic acids is 2. The van der Waals surface area contributed by atoms with Gasteiger partial charge in [-0.2, -0.15) is 0 Å². The summed E-state index contributed by atoms with van der Waals surface area (Å²) in [6.07, 6.45) is 3.63. The topological polar surface area (TPSA) is 95.3 Å². The molecule has 0 spiro atoms. The van der Waals surface area contributed by atoms with Gasteiger partial charge in [0, 0.05) is 19.2 Å². The minimum atomic E-state index is -0.465. The van der Waals surface area contributed by atoms with Gasteiger partial charge in [0.15, 0.2) is 5.69 Å². The smallest absolute Gasteiger partial charge is 0.330 e. The molecular formula is C13H18N4O4. The number of amides is 1. The zero-order valence-electron chi connectivity index (χ0n) is 12.0. The van der Waals surface area contributed by atoms with Gasteiger partial charge in [-0.1, -0.05) is 11.3 Å². The van der Waals surface area contributed by atoms with Crippen molar-refractivity contribution in [2.24, 2.45) is 0 Å². The van der Waals surface area contributed by atoms with E-state index in [9.17, 15) is 9.59 Å². The van der Waals surface area contributed by atoms with E-state index in [4.69, 9.17) is 4.74 Å². The molecule has 0 radical (unpaired) electrons. The molecule has 1 fully saturated rings. The van der Waals surface area contributed by atoms with Gasteiger partial charge in [-0.15, -0.1) is 5.10 Å². The lowest BCUT2D eigenvalue weighted by atomic mass is 10.2. The molecule has 1 aliphatic heterocycles. The van der Waals surface area contributed by atoms with Crippen LogP contribution in [-0.2, 0) is 14.3 Å². The number of aromatic nitrogens is 3. The minimum absolute atomic E-state index is 0.137. The summed E-state index contributed by atoms with van der Waals surface area (Å²) >= 11 is 0. The molecule has 0 saturated carbocycles. The normalized spacial score (nSPS) is 18.1. The summed E-state index contributed by atoms with van der Waals surface area (Å²) in [4.78, 5) is 22.9. The standard InChI is InChI=1S/C13H18N4O4/c1-9-12(13(19)14-6-3-4-11(18)20-2)15-16-17(9)10-5-7-21-8-10/h3-4,10H,5-8H2,1-2H3,(H,14,19)/b4-3+. The molecule has 1 unspecified atom stereocenters. The van der Waals surface area contributed by atoms with Gasteiger partial charge in [0.25, 0.3) is 5.91 Å². The highest BCUT2D eigenvalue weighted by molar-refractivity contribution is 5.93. The zero-order chi connectivity index (χ0) is 15.2. The lowest BCUT2D eigenvalue weighted by Gasteiger charge is -2.09. The highest BCUT2D eigenvalue weighted by atomic mass is 16.5. The number of esters is 1. The molecule has 1 saturated heterocycles. The predicted molar refractivity (Wildman–Crippen MR) is 72.7 cm³/mol. The molecule has 0 aromatic carbocycles. The van der Waals surface area contributed by atoms with Crippen LogP contribution in [0.25, 0.3) is 0 Å². The van der Waals surface area contributed by atoms with E-state index in [0.717, 1.165) is 6.42 Å². The summed E-state index contributed by atoms with van der Waals surface area (Å²) in [5.41, 5.74) is 0.994. The number of methoxy groups -OCH3 is 1. The summed E-state index contributed by atoms with van der Waals surface area (Å²) in [7, 11) is 1.29. The largest absolute Gasteiger partial charge is 0.466 e. The van der Waals surface area contributed by atoms with Crippen LogP contribution in [-0.4, -0.2) is 53.7 Å². The number of carbonyl (C=O) groups is 2. The molecule has 1 aliphatic rings. The van der Waals surface area contributed by atoms with Crippen LogP contribution in [0.3, 0.4) is 0 Å². The second-order valence-electron chi connectivity index (χ2n) is 4.62. The summed E-state index contributed by atoms with van der Waals surface area (Å²) in [5, 5.41) is 10.6. The highest BCUT2D eigenvalue weighted by Crippen LogP contribution is 2.20. The summed E-state index contributed by atoms with van der Waals surface area (Å²) in [5.74, 6) is -0.792. The van der Waals surface area contributed by atoms with Gasteiger partial charge in [-0.3, -0.25) is 4.79 Å². The van der Waals surface area contributed by atoms with Crippen LogP contribution >= 0.6 is 0 Å². The molecule has 1 aromatic rings. The Morgan fingerprint density at radius 2 is 2.38 bits per heavy atom. The third-order valence-electron chi connectivity index (χ3n) is 3.23. The van der Waals surface area contributed by atoms with Crippen molar-refractivity contribution in [3.8, 4) is 0 Å². The molecular weight excluding hydrogens is 276 g/mol. The van der Waals surface area contributed by atoms with E-state index in [1.54, 1.807) is 11.6 Å². The van der Waals surface area contributed by atoms with Crippen LogP contribution in [0, 0.1) is 6.92 Å². The Hall–Kier alpha value is -2.22. The third kappa shape index (κ3) is 3.66. The van der Waals surface area contributed by atoms with Gasteiger partial charge >= 0.3 is 5.97 Å². The number of rotatable bonds is 5. The maximum absolute atomic E-state index is 12.0. The van der Waals surface area contributed by atoms with Crippen molar-refractivity contribution < 1.29 is 19.1 Å². The van der Waals surface area contributed by atoms with Crippen molar-refractivity contribution in [1.82, 2.24) is 20.3 Å². The molecule has 8 heteroatoms. The molecule has 1 aromatic heterocycles. The average Bonchev–Trinajstić information content (AvgIpc) is 3.12. The Kier molecular flexibility index (Phi) is 5.04. The van der Waals surface area contributed by atoms with Crippen molar-refractivity contribution in [2.75, 3.05) is 26.9 Å². The Balaban J connectivity index is 1.93. The van der Waals surface area contributed by atoms with E-state index in [1.165, 1.54) is 19.3 Å². The minimum Gasteiger partial charge on any atom is -0.466 e. The fourth-order valence-corrected chi connectivity index (χ4v) is 2.07. The van der Waals surface area contributed by atoms with Crippen molar-refractivity contribution in [1.29, 1.82) is 0 Å². The number of hydrogen-bond donors (Lipinski definition) is 1. The van der Waals surface area contributed by atoms with Gasteiger partial charge in [0.2, 0.25) is 0 Å². The van der Waals surface area contributed by atoms with Crippen molar-refractivity contribution in [3.63, 3.8) is 0 Å². The SMILES string of the molecule is COC(=O)/C=C/CNC(=O)c1nnn(C2CCOC2)c1C. The van der Waals surface area contributed by atoms with E-state index in [0.29, 0.717) is 18.9 Å². The average molecular weight is 294 g/mol. The van der Waals surface area contributed by atoms with Crippen molar-refractivity contribution in [3.05, 3.63) is 23.5 Å². The Labute approximate surface area is 122 Å². The first-order valence-electron chi connectivity index (χ1n) is 6.65. The fraction of sp³-hybridized carbons (Fsp3) is 0.538. The van der Waals surface area contributed by atoms with E-state index < -0.39 is 5.97 Å². The van der Waals surface area contributed by atoms with Crippen LogP contribution in [0.4, 0.5) is 0 Å². The predicted octanol–water partition coefficient (Wildman–Crippen LogP) is 0.00692. The van der Waals surface area contributed by atoms with Crippen LogP contribution in [0.2, 0.25) is 0 Å². The van der Waals surface area contributed by atoms with Crippen LogP contribution < -0.4 is 5.32 Å². The molecule has 0 aliphatic carbocycles. The number of nitrogens with zero attached hydrogens (tertiary/aromatic N) is 3. The molecule has 2 heterocycles. The molecule has 114 valence electrons. The zero-order valence-corrected chi connectivity index (χ0v) is 12.0. The first-order chi connectivity index (χ1) is 10.1. The summed E-state index contributed by atoms with van der Waals surface area (Å²) in [6.45, 7) is 3.31. The first kappa shape index (κ1) is 15.2. The molecule has 2 rings (SSSR count). The molecule has 0 bridgehead atoms. The molecule has 1 amide bonds. The van der Waals surface area contributed by atoms with Gasteiger partial charge in [0.05, 0.1) is 25.5 Å². The maximum atomic E-state index is 12.0. The Bertz CT molecular complexity index is 546. The molecule has 1 N–H and O–H groups in total. The number of nitrogens with one attached hydrogen (secondary N) is 1. The Morgan fingerprint density at radius 1 is 1.57 bits per heavy atom. The molecule has 8 nitrogen and oxygen atoms in total. The Morgan fingerprint density at radius 3 is 3.05 bits per heavy atom. The maximum Gasteiger partial charge on any atom is 0.330 e. The van der Waals surface area contributed by atoms with Gasteiger partial charge in [-0.25, -0.2) is 9.48 Å². The quantitative estimate of drug-likeness (QED) is 0.607. The van der Waals surface area contributed by atoms with Crippen LogP contribution in [0.15, 0.2) is 12.2 Å². The lowest BCUT2D eigenvalue weighted by Crippen LogP contribution is -2.25. The van der Waals surface area contributed by atoms with Gasteiger partial charge < -0.3 is 14.8 Å². The lowest BCUT2D eigenvalue weighted by molar-refractivity contribution is -0.134. The van der Waals surface area contributed by atoms with E-state index in [-0.39, 0.29) is 24.2 Å². The van der Waals surface area contributed by atoms with Gasteiger partial charge in [-0.05, 0) is 13.3 Å². The second kappa shape index (κ2) is 6.98. The molecule has 21 heavy (non-hydrogen) atoms. The molecule has 1 atom stereocenters. The summed E-state index contributed by atoms with van der Waals surface area (Å²) in [6, 6.07) is 0.137. The summed E-state index contributed by atoms with van der Waals surface area (Å²) < 4.78 is 11.5. The van der Waals surface area contributed by atoms with E-state index in [2.05, 4.69) is 20.4 Å². The van der Waals surface area contributed by atoms with Gasteiger partial charge in [0.1, 0.15) is 0 Å². The van der Waals surface area contributed by atoms with Crippen molar-refractivity contribution >= 4 is 11.9 Å². The van der Waals surface area contributed by atoms with E-state index >= 15 is 0 Å². The van der Waals surface area contributed by atoms with Crippen molar-refractivity contribution in [2.45, 2.75) is 19.4 Å². The van der Waals surface area contributed by atoms with E-state index in [1.807, 2.05) is 0 Å². The first-order valence-corrected chi connectivity index (χ1v) is 6.65. The third-order valence-corrected chi connectivity index (χ3v) is 3.23. The number of hydrogen-bond acceptors (Lipinski definition) is 6.